The number of benzene rings is 1. The molecule has 0 saturated carbocycles. The number of halogens is 1. The summed E-state index contributed by atoms with van der Waals surface area (Å²) in [5, 5.41) is 18.1. The van der Waals surface area contributed by atoms with Crippen molar-refractivity contribution in [1.82, 2.24) is 9.55 Å². The third kappa shape index (κ3) is 2.25. The molecule has 2 rings (SSSR count). The average Bonchev–Trinajstić information content (AvgIpc) is 2.39. The van der Waals surface area contributed by atoms with E-state index in [1.54, 1.807) is 6.07 Å². The maximum Gasteiger partial charge on any atom is 0.333 e. The zero-order chi connectivity index (χ0) is 14.0. The van der Waals surface area contributed by atoms with Crippen molar-refractivity contribution in [2.45, 2.75) is 0 Å². The van der Waals surface area contributed by atoms with Crippen molar-refractivity contribution in [1.29, 1.82) is 10.5 Å². The molecule has 1 aromatic carbocycles. The number of aromatic nitrogens is 2. The number of aromatic amines is 1. The van der Waals surface area contributed by atoms with Gasteiger partial charge in [-0.1, -0.05) is 11.6 Å². The van der Waals surface area contributed by atoms with Crippen LogP contribution in [-0.2, 0) is 0 Å². The molecule has 0 amide bonds. The molecule has 2 aromatic rings. The van der Waals surface area contributed by atoms with E-state index in [0.29, 0.717) is 5.02 Å². The lowest BCUT2D eigenvalue weighted by Crippen LogP contribution is -2.30. The second-order valence-electron chi connectivity index (χ2n) is 3.56. The molecule has 0 bridgehead atoms. The number of H-pyrrole nitrogens is 1. The van der Waals surface area contributed by atoms with Gasteiger partial charge in [0.15, 0.2) is 0 Å². The van der Waals surface area contributed by atoms with Crippen LogP contribution in [0.4, 0.5) is 0 Å². The van der Waals surface area contributed by atoms with Gasteiger partial charge in [0.25, 0.3) is 5.56 Å². The van der Waals surface area contributed by atoms with Crippen molar-refractivity contribution in [3.8, 4) is 17.8 Å². The summed E-state index contributed by atoms with van der Waals surface area (Å²) in [4.78, 5) is 25.0. The van der Waals surface area contributed by atoms with Crippen molar-refractivity contribution in [2.75, 3.05) is 0 Å². The first-order chi connectivity index (χ1) is 9.06. The summed E-state index contributed by atoms with van der Waals surface area (Å²) in [6.07, 6.45) is 1.08. The number of nitrogens with one attached hydrogen (secondary N) is 1. The Morgan fingerprint density at radius 1 is 1.16 bits per heavy atom. The average molecular weight is 273 g/mol. The lowest BCUT2D eigenvalue weighted by Gasteiger charge is -2.07. The third-order valence-electron chi connectivity index (χ3n) is 2.40. The molecule has 0 fully saturated rings. The van der Waals surface area contributed by atoms with Gasteiger partial charge >= 0.3 is 5.69 Å². The molecule has 1 heterocycles. The third-order valence-corrected chi connectivity index (χ3v) is 2.64. The Balaban J connectivity index is 2.84. The number of hydrogen-bond donors (Lipinski definition) is 1. The number of rotatable bonds is 1. The van der Waals surface area contributed by atoms with Crippen LogP contribution < -0.4 is 11.2 Å². The van der Waals surface area contributed by atoms with E-state index < -0.39 is 11.2 Å². The minimum atomic E-state index is -0.774. The van der Waals surface area contributed by atoms with Crippen LogP contribution in [0.3, 0.4) is 0 Å². The quantitative estimate of drug-likeness (QED) is 0.834. The standard InChI is InChI=1S/C12H5ClN4O2/c13-9-2-1-7(4-14)10(3-9)17-6-8(5-15)11(18)16-12(17)19/h1-3,6H,(H,16,18,19). The van der Waals surface area contributed by atoms with Crippen molar-refractivity contribution in [2.24, 2.45) is 0 Å². The van der Waals surface area contributed by atoms with Crippen LogP contribution in [0.25, 0.3) is 5.69 Å². The first kappa shape index (κ1) is 12.6. The van der Waals surface area contributed by atoms with E-state index in [9.17, 15) is 9.59 Å². The lowest BCUT2D eigenvalue weighted by molar-refractivity contribution is 0.887. The summed E-state index contributed by atoms with van der Waals surface area (Å²) >= 11 is 5.82. The van der Waals surface area contributed by atoms with E-state index in [0.717, 1.165) is 10.8 Å². The summed E-state index contributed by atoms with van der Waals surface area (Å²) in [6.45, 7) is 0. The predicted octanol–water partition coefficient (Wildman–Crippen LogP) is 0.923. The first-order valence-electron chi connectivity index (χ1n) is 5.03. The van der Waals surface area contributed by atoms with Gasteiger partial charge in [-0.05, 0) is 18.2 Å². The number of nitrogens with zero attached hydrogens (tertiary/aromatic N) is 3. The van der Waals surface area contributed by atoms with Crippen molar-refractivity contribution < 1.29 is 0 Å². The fraction of sp³-hybridized carbons (Fsp3) is 0. The number of nitriles is 2. The Morgan fingerprint density at radius 3 is 2.47 bits per heavy atom. The molecule has 1 N–H and O–H groups in total. The molecule has 0 aliphatic rings. The molecular weight excluding hydrogens is 268 g/mol. The van der Waals surface area contributed by atoms with Gasteiger partial charge in [-0.15, -0.1) is 0 Å². The van der Waals surface area contributed by atoms with Crippen LogP contribution in [0.15, 0.2) is 34.0 Å². The minimum Gasteiger partial charge on any atom is -0.273 e. The van der Waals surface area contributed by atoms with E-state index in [1.807, 2.05) is 11.1 Å². The highest BCUT2D eigenvalue weighted by atomic mass is 35.5. The Morgan fingerprint density at radius 2 is 1.84 bits per heavy atom. The van der Waals surface area contributed by atoms with E-state index in [1.165, 1.54) is 18.2 Å². The van der Waals surface area contributed by atoms with Gasteiger partial charge in [-0.2, -0.15) is 10.5 Å². The predicted molar refractivity (Wildman–Crippen MR) is 67.1 cm³/mol. The van der Waals surface area contributed by atoms with Crippen LogP contribution in [0.5, 0.6) is 0 Å². The maximum absolute atomic E-state index is 11.7. The molecule has 92 valence electrons. The minimum absolute atomic E-state index is 0.197. The summed E-state index contributed by atoms with van der Waals surface area (Å²) in [5.41, 5.74) is -1.36. The van der Waals surface area contributed by atoms with Gasteiger partial charge in [0.1, 0.15) is 17.7 Å². The second-order valence-corrected chi connectivity index (χ2v) is 3.99. The molecule has 0 atom stereocenters. The highest BCUT2D eigenvalue weighted by Gasteiger charge is 2.10. The summed E-state index contributed by atoms with van der Waals surface area (Å²) in [7, 11) is 0. The fourth-order valence-corrected chi connectivity index (χ4v) is 1.69. The second kappa shape index (κ2) is 4.81. The largest absolute Gasteiger partial charge is 0.333 e. The molecule has 6 nitrogen and oxygen atoms in total. The maximum atomic E-state index is 11.7. The normalized spacial score (nSPS) is 9.63. The zero-order valence-corrected chi connectivity index (χ0v) is 10.1. The Hall–Kier alpha value is -2.83. The van der Waals surface area contributed by atoms with Crippen LogP contribution >= 0.6 is 11.6 Å². The molecule has 0 saturated heterocycles. The fourth-order valence-electron chi connectivity index (χ4n) is 1.53. The van der Waals surface area contributed by atoms with Gasteiger partial charge in [-0.3, -0.25) is 14.3 Å². The van der Waals surface area contributed by atoms with Crippen molar-refractivity contribution in [3.63, 3.8) is 0 Å². The molecule has 1 aromatic heterocycles. The van der Waals surface area contributed by atoms with Crippen LogP contribution in [-0.4, -0.2) is 9.55 Å². The Labute approximate surface area is 111 Å². The molecule has 19 heavy (non-hydrogen) atoms. The van der Waals surface area contributed by atoms with E-state index >= 15 is 0 Å². The molecule has 0 aliphatic carbocycles. The number of hydrogen-bond acceptors (Lipinski definition) is 4. The molecule has 0 unspecified atom stereocenters. The lowest BCUT2D eigenvalue weighted by atomic mass is 10.2. The van der Waals surface area contributed by atoms with Gasteiger partial charge in [-0.25, -0.2) is 4.79 Å². The summed E-state index contributed by atoms with van der Waals surface area (Å²) < 4.78 is 1.00. The van der Waals surface area contributed by atoms with Gasteiger partial charge in [0.2, 0.25) is 0 Å². The van der Waals surface area contributed by atoms with Crippen molar-refractivity contribution >= 4 is 11.6 Å². The smallest absolute Gasteiger partial charge is 0.273 e. The first-order valence-corrected chi connectivity index (χ1v) is 5.40. The molecule has 7 heteroatoms. The van der Waals surface area contributed by atoms with Crippen molar-refractivity contribution in [3.05, 3.63) is 61.4 Å². The van der Waals surface area contributed by atoms with Gasteiger partial charge in [0.05, 0.1) is 11.3 Å². The molecule has 0 radical (unpaired) electrons. The molecule has 0 spiro atoms. The van der Waals surface area contributed by atoms with E-state index in [-0.39, 0.29) is 16.8 Å². The molecular formula is C12H5ClN4O2. The highest BCUT2D eigenvalue weighted by molar-refractivity contribution is 6.30. The zero-order valence-electron chi connectivity index (χ0n) is 9.35. The van der Waals surface area contributed by atoms with Gasteiger partial charge in [0, 0.05) is 11.2 Å². The Kier molecular flexibility index (Phi) is 3.19. The summed E-state index contributed by atoms with van der Waals surface area (Å²) in [5.74, 6) is 0. The van der Waals surface area contributed by atoms with Crippen LogP contribution in [0, 0.1) is 22.7 Å². The topological polar surface area (TPSA) is 102 Å². The Bertz CT molecular complexity index is 852. The van der Waals surface area contributed by atoms with Crippen LogP contribution in [0.1, 0.15) is 11.1 Å². The summed E-state index contributed by atoms with van der Waals surface area (Å²) in [6, 6.07) is 7.93. The molecule has 0 aliphatic heterocycles. The van der Waals surface area contributed by atoms with Crippen LogP contribution in [0.2, 0.25) is 5.02 Å². The SMILES string of the molecule is N#Cc1ccc(Cl)cc1-n1cc(C#N)c(=O)[nH]c1=O. The highest BCUT2D eigenvalue weighted by Crippen LogP contribution is 2.18. The van der Waals surface area contributed by atoms with E-state index in [4.69, 9.17) is 22.1 Å². The monoisotopic (exact) mass is 272 g/mol. The van der Waals surface area contributed by atoms with Gasteiger partial charge < -0.3 is 0 Å². The van der Waals surface area contributed by atoms with E-state index in [2.05, 4.69) is 0 Å².